The van der Waals surface area contributed by atoms with Crippen LogP contribution in [0.4, 0.5) is 15.8 Å². The fourth-order valence-electron chi connectivity index (χ4n) is 2.65. The second-order valence-corrected chi connectivity index (χ2v) is 7.14. The van der Waals surface area contributed by atoms with Gasteiger partial charge in [-0.25, -0.2) is 4.39 Å². The Labute approximate surface area is 170 Å². The van der Waals surface area contributed by atoms with Crippen molar-refractivity contribution in [2.75, 3.05) is 10.6 Å². The number of benzene rings is 3. The number of rotatable bonds is 8. The summed E-state index contributed by atoms with van der Waals surface area (Å²) in [6.07, 6.45) is 0. The molecule has 0 heterocycles. The number of anilines is 2. The van der Waals surface area contributed by atoms with Gasteiger partial charge < -0.3 is 15.4 Å². The lowest BCUT2D eigenvalue weighted by molar-refractivity contribution is -0.118. The lowest BCUT2D eigenvalue weighted by Gasteiger charge is -2.11. The summed E-state index contributed by atoms with van der Waals surface area (Å²) in [6.45, 7) is 4.76. The van der Waals surface area contributed by atoms with Crippen LogP contribution in [0.2, 0.25) is 0 Å². The normalized spacial score (nSPS) is 10.6. The fourth-order valence-corrected chi connectivity index (χ4v) is 2.65. The van der Waals surface area contributed by atoms with Crippen LogP contribution < -0.4 is 15.4 Å². The predicted molar refractivity (Wildman–Crippen MR) is 114 cm³/mol. The predicted octanol–water partition coefficient (Wildman–Crippen LogP) is 5.61. The van der Waals surface area contributed by atoms with E-state index >= 15 is 0 Å². The zero-order chi connectivity index (χ0) is 20.6. The van der Waals surface area contributed by atoms with Gasteiger partial charge in [-0.3, -0.25) is 4.79 Å². The van der Waals surface area contributed by atoms with Crippen LogP contribution >= 0.6 is 0 Å². The Hall–Kier alpha value is -3.34. The summed E-state index contributed by atoms with van der Waals surface area (Å²) in [6, 6.07) is 21.8. The van der Waals surface area contributed by atoms with Crippen LogP contribution in [0.3, 0.4) is 0 Å². The average Bonchev–Trinajstić information content (AvgIpc) is 2.73. The van der Waals surface area contributed by atoms with Crippen molar-refractivity contribution in [1.29, 1.82) is 0 Å². The van der Waals surface area contributed by atoms with Crippen molar-refractivity contribution in [2.45, 2.75) is 27.0 Å². The van der Waals surface area contributed by atoms with Gasteiger partial charge in [-0.05, 0) is 59.7 Å². The number of carbonyl (C=O) groups excluding carboxylic acids is 1. The van der Waals surface area contributed by atoms with Crippen LogP contribution in [-0.2, 0) is 17.9 Å². The number of amides is 1. The first-order chi connectivity index (χ1) is 14.0. The molecule has 0 radical (unpaired) electrons. The Morgan fingerprint density at radius 2 is 1.62 bits per heavy atom. The molecule has 3 rings (SSSR count). The molecule has 0 aromatic heterocycles. The minimum atomic E-state index is -0.253. The van der Waals surface area contributed by atoms with Gasteiger partial charge in [0.05, 0.1) is 0 Å². The van der Waals surface area contributed by atoms with E-state index in [0.29, 0.717) is 13.2 Å². The van der Waals surface area contributed by atoms with Crippen LogP contribution in [0, 0.1) is 11.7 Å². The molecule has 150 valence electrons. The highest BCUT2D eigenvalue weighted by Gasteiger charge is 2.06. The molecule has 1 amide bonds. The van der Waals surface area contributed by atoms with Crippen LogP contribution in [-0.4, -0.2) is 5.91 Å². The van der Waals surface area contributed by atoms with E-state index in [1.165, 1.54) is 12.1 Å². The zero-order valence-electron chi connectivity index (χ0n) is 16.6. The molecule has 2 N–H and O–H groups in total. The van der Waals surface area contributed by atoms with Gasteiger partial charge in [0.25, 0.3) is 0 Å². The van der Waals surface area contributed by atoms with Gasteiger partial charge >= 0.3 is 0 Å². The molecule has 0 aliphatic rings. The molecule has 3 aromatic carbocycles. The van der Waals surface area contributed by atoms with Crippen LogP contribution in [0.25, 0.3) is 0 Å². The molecule has 0 fully saturated rings. The third kappa shape index (κ3) is 6.35. The third-order valence-electron chi connectivity index (χ3n) is 4.39. The molecular formula is C24H25FN2O2. The maximum atomic E-state index is 13.0. The Morgan fingerprint density at radius 1 is 0.931 bits per heavy atom. The summed E-state index contributed by atoms with van der Waals surface area (Å²) >= 11 is 0. The van der Waals surface area contributed by atoms with E-state index < -0.39 is 0 Å². The SMILES string of the molecule is CC(C)C(=O)Nc1ccc(NCc2cccc(OCc3ccc(F)cc3)c2)cc1. The highest BCUT2D eigenvalue weighted by molar-refractivity contribution is 5.92. The van der Waals surface area contributed by atoms with Gasteiger partial charge in [0.1, 0.15) is 18.2 Å². The van der Waals surface area contributed by atoms with Crippen molar-refractivity contribution in [1.82, 2.24) is 0 Å². The molecule has 0 saturated carbocycles. The van der Waals surface area contributed by atoms with Crippen molar-refractivity contribution < 1.29 is 13.9 Å². The molecule has 5 heteroatoms. The lowest BCUT2D eigenvalue weighted by Crippen LogP contribution is -2.17. The second kappa shape index (κ2) is 9.73. The summed E-state index contributed by atoms with van der Waals surface area (Å²) in [5, 5.41) is 6.24. The zero-order valence-corrected chi connectivity index (χ0v) is 16.6. The summed E-state index contributed by atoms with van der Waals surface area (Å²) in [5.41, 5.74) is 3.74. The standard InChI is InChI=1S/C24H25FN2O2/c1-17(2)24(28)27-22-12-10-21(11-13-22)26-15-19-4-3-5-23(14-19)29-16-18-6-8-20(25)9-7-18/h3-14,17,26H,15-16H2,1-2H3,(H,27,28). The second-order valence-electron chi connectivity index (χ2n) is 7.14. The van der Waals surface area contributed by atoms with Crippen LogP contribution in [0.15, 0.2) is 72.8 Å². The third-order valence-corrected chi connectivity index (χ3v) is 4.39. The first kappa shape index (κ1) is 20.4. The number of carbonyl (C=O) groups is 1. The van der Waals surface area contributed by atoms with E-state index in [2.05, 4.69) is 10.6 Å². The minimum absolute atomic E-state index is 0.00293. The molecule has 0 spiro atoms. The summed E-state index contributed by atoms with van der Waals surface area (Å²) in [4.78, 5) is 11.7. The van der Waals surface area contributed by atoms with E-state index in [9.17, 15) is 9.18 Å². The van der Waals surface area contributed by atoms with Gasteiger partial charge in [-0.15, -0.1) is 0 Å². The quantitative estimate of drug-likeness (QED) is 0.524. The molecule has 4 nitrogen and oxygen atoms in total. The van der Waals surface area contributed by atoms with Crippen molar-refractivity contribution in [3.63, 3.8) is 0 Å². The molecule has 0 aliphatic heterocycles. The largest absolute Gasteiger partial charge is 0.489 e. The highest BCUT2D eigenvalue weighted by atomic mass is 19.1. The molecule has 0 bridgehead atoms. The smallest absolute Gasteiger partial charge is 0.226 e. The van der Waals surface area contributed by atoms with Crippen molar-refractivity contribution >= 4 is 17.3 Å². The van der Waals surface area contributed by atoms with Crippen molar-refractivity contribution in [2.24, 2.45) is 5.92 Å². The first-order valence-corrected chi connectivity index (χ1v) is 9.60. The molecule has 0 atom stereocenters. The van der Waals surface area contributed by atoms with Gasteiger partial charge in [-0.2, -0.15) is 0 Å². The first-order valence-electron chi connectivity index (χ1n) is 9.60. The Kier molecular flexibility index (Phi) is 6.85. The van der Waals surface area contributed by atoms with Crippen molar-refractivity contribution in [3.8, 4) is 5.75 Å². The number of halogens is 1. The van der Waals surface area contributed by atoms with Gasteiger partial charge in [0.15, 0.2) is 0 Å². The Balaban J connectivity index is 1.52. The van der Waals surface area contributed by atoms with E-state index in [-0.39, 0.29) is 17.6 Å². The topological polar surface area (TPSA) is 50.4 Å². The molecule has 0 aliphatic carbocycles. The summed E-state index contributed by atoms with van der Waals surface area (Å²) in [5.74, 6) is 0.464. The van der Waals surface area contributed by atoms with E-state index in [1.807, 2.05) is 62.4 Å². The highest BCUT2D eigenvalue weighted by Crippen LogP contribution is 2.18. The van der Waals surface area contributed by atoms with Crippen LogP contribution in [0.5, 0.6) is 5.75 Å². The van der Waals surface area contributed by atoms with Crippen molar-refractivity contribution in [3.05, 3.63) is 89.7 Å². The molecule has 29 heavy (non-hydrogen) atoms. The number of nitrogens with one attached hydrogen (secondary N) is 2. The van der Waals surface area contributed by atoms with E-state index in [4.69, 9.17) is 4.74 Å². The van der Waals surface area contributed by atoms with Gasteiger partial charge in [0, 0.05) is 23.8 Å². The fraction of sp³-hybridized carbons (Fsp3) is 0.208. The number of ether oxygens (including phenoxy) is 1. The monoisotopic (exact) mass is 392 g/mol. The Morgan fingerprint density at radius 3 is 2.31 bits per heavy atom. The van der Waals surface area contributed by atoms with Crippen LogP contribution in [0.1, 0.15) is 25.0 Å². The number of hydrogen-bond donors (Lipinski definition) is 2. The maximum absolute atomic E-state index is 13.0. The molecular weight excluding hydrogens is 367 g/mol. The minimum Gasteiger partial charge on any atom is -0.489 e. The average molecular weight is 392 g/mol. The maximum Gasteiger partial charge on any atom is 0.226 e. The van der Waals surface area contributed by atoms with E-state index in [0.717, 1.165) is 28.3 Å². The lowest BCUT2D eigenvalue weighted by atomic mass is 10.2. The van der Waals surface area contributed by atoms with Gasteiger partial charge in [0.2, 0.25) is 5.91 Å². The van der Waals surface area contributed by atoms with E-state index in [1.54, 1.807) is 12.1 Å². The summed E-state index contributed by atoms with van der Waals surface area (Å²) < 4.78 is 18.8. The molecule has 3 aromatic rings. The van der Waals surface area contributed by atoms with Gasteiger partial charge in [-0.1, -0.05) is 38.1 Å². The molecule has 0 saturated heterocycles. The Bertz CT molecular complexity index is 938. The summed E-state index contributed by atoms with van der Waals surface area (Å²) in [7, 11) is 0. The molecule has 0 unspecified atom stereocenters. The number of hydrogen-bond acceptors (Lipinski definition) is 3.